The average molecular weight is 285 g/mol. The minimum Gasteiger partial charge on any atom is -0.480 e. The molecule has 0 aromatic rings. The molecule has 4 heteroatoms. The fourth-order valence-corrected chi connectivity index (χ4v) is 4.54. The standard InChI is InChI=1S/C15H27NO2S/c1-11-4-3-5-13(10-11)19-9-8-15(2,14(17)18)16-12-6-7-12/h11-13,16H,3-10H2,1-2H3,(H,17,18). The molecule has 0 heterocycles. The zero-order chi connectivity index (χ0) is 13.9. The maximum Gasteiger partial charge on any atom is 0.323 e. The summed E-state index contributed by atoms with van der Waals surface area (Å²) < 4.78 is 0. The highest BCUT2D eigenvalue weighted by Crippen LogP contribution is 2.33. The normalized spacial score (nSPS) is 30.8. The summed E-state index contributed by atoms with van der Waals surface area (Å²) in [7, 11) is 0. The topological polar surface area (TPSA) is 49.3 Å². The smallest absolute Gasteiger partial charge is 0.323 e. The van der Waals surface area contributed by atoms with Crippen molar-refractivity contribution in [2.45, 2.75) is 75.6 Å². The van der Waals surface area contributed by atoms with Gasteiger partial charge in [-0.15, -0.1) is 0 Å². The van der Waals surface area contributed by atoms with Crippen LogP contribution in [0.3, 0.4) is 0 Å². The highest BCUT2D eigenvalue weighted by Gasteiger charge is 2.38. The van der Waals surface area contributed by atoms with Crippen molar-refractivity contribution < 1.29 is 9.90 Å². The molecular weight excluding hydrogens is 258 g/mol. The van der Waals surface area contributed by atoms with Gasteiger partial charge >= 0.3 is 5.97 Å². The summed E-state index contributed by atoms with van der Waals surface area (Å²) in [5, 5.41) is 13.5. The Labute approximate surface area is 120 Å². The zero-order valence-corrected chi connectivity index (χ0v) is 13.0. The molecule has 3 nitrogen and oxygen atoms in total. The number of hydrogen-bond acceptors (Lipinski definition) is 3. The molecule has 0 spiro atoms. The third kappa shape index (κ3) is 4.67. The fourth-order valence-electron chi connectivity index (χ4n) is 2.88. The Bertz CT molecular complexity index is 319. The van der Waals surface area contributed by atoms with Gasteiger partial charge in [-0.05, 0) is 50.7 Å². The van der Waals surface area contributed by atoms with E-state index in [0.29, 0.717) is 6.04 Å². The summed E-state index contributed by atoms with van der Waals surface area (Å²) in [5.74, 6) is 1.11. The highest BCUT2D eigenvalue weighted by molar-refractivity contribution is 7.99. The maximum atomic E-state index is 11.4. The number of carbonyl (C=O) groups is 1. The average Bonchev–Trinajstić information content (AvgIpc) is 3.12. The van der Waals surface area contributed by atoms with Crippen molar-refractivity contribution in [2.75, 3.05) is 5.75 Å². The Morgan fingerprint density at radius 1 is 1.37 bits per heavy atom. The third-order valence-corrected chi connectivity index (χ3v) is 5.76. The van der Waals surface area contributed by atoms with E-state index >= 15 is 0 Å². The van der Waals surface area contributed by atoms with Crippen LogP contribution in [0.25, 0.3) is 0 Å². The van der Waals surface area contributed by atoms with Crippen molar-refractivity contribution in [3.63, 3.8) is 0 Å². The van der Waals surface area contributed by atoms with E-state index in [2.05, 4.69) is 12.2 Å². The molecule has 0 aromatic carbocycles. The largest absolute Gasteiger partial charge is 0.480 e. The molecular formula is C15H27NO2S. The van der Waals surface area contributed by atoms with Crippen molar-refractivity contribution >= 4 is 17.7 Å². The summed E-state index contributed by atoms with van der Waals surface area (Å²) in [5.41, 5.74) is -0.728. The molecule has 3 atom stereocenters. The number of rotatable bonds is 7. The first-order valence-corrected chi connectivity index (χ1v) is 8.67. The Balaban J connectivity index is 1.73. The summed E-state index contributed by atoms with van der Waals surface area (Å²) in [6, 6.07) is 0.445. The van der Waals surface area contributed by atoms with E-state index in [1.165, 1.54) is 25.7 Å². The molecule has 0 amide bonds. The van der Waals surface area contributed by atoms with Crippen LogP contribution in [0.15, 0.2) is 0 Å². The Morgan fingerprint density at radius 2 is 2.11 bits per heavy atom. The molecule has 2 aliphatic carbocycles. The van der Waals surface area contributed by atoms with Gasteiger partial charge in [-0.2, -0.15) is 11.8 Å². The van der Waals surface area contributed by atoms with E-state index in [9.17, 15) is 9.90 Å². The lowest BCUT2D eigenvalue weighted by atomic mass is 9.91. The number of hydrogen-bond donors (Lipinski definition) is 2. The van der Waals surface area contributed by atoms with Crippen LogP contribution < -0.4 is 5.32 Å². The second-order valence-corrected chi connectivity index (χ2v) is 7.98. The quantitative estimate of drug-likeness (QED) is 0.753. The van der Waals surface area contributed by atoms with Gasteiger partial charge < -0.3 is 5.11 Å². The molecule has 0 radical (unpaired) electrons. The molecule has 0 bridgehead atoms. The maximum absolute atomic E-state index is 11.4. The molecule has 2 aliphatic rings. The van der Waals surface area contributed by atoms with Gasteiger partial charge in [0.2, 0.25) is 0 Å². The van der Waals surface area contributed by atoms with Gasteiger partial charge in [0.05, 0.1) is 0 Å². The second kappa shape index (κ2) is 6.49. The molecule has 2 saturated carbocycles. The molecule has 2 N–H and O–H groups in total. The van der Waals surface area contributed by atoms with Gasteiger partial charge in [0.25, 0.3) is 0 Å². The first-order valence-electron chi connectivity index (χ1n) is 7.62. The monoisotopic (exact) mass is 285 g/mol. The molecule has 0 aromatic heterocycles. The van der Waals surface area contributed by atoms with Crippen LogP contribution in [0.5, 0.6) is 0 Å². The Morgan fingerprint density at radius 3 is 2.68 bits per heavy atom. The van der Waals surface area contributed by atoms with E-state index < -0.39 is 11.5 Å². The van der Waals surface area contributed by atoms with E-state index in [4.69, 9.17) is 0 Å². The second-order valence-electron chi connectivity index (χ2n) is 6.57. The fraction of sp³-hybridized carbons (Fsp3) is 0.933. The molecule has 2 rings (SSSR count). The first-order chi connectivity index (χ1) is 8.99. The molecule has 110 valence electrons. The number of nitrogens with one attached hydrogen (secondary N) is 1. The summed E-state index contributed by atoms with van der Waals surface area (Å²) >= 11 is 1.99. The summed E-state index contributed by atoms with van der Waals surface area (Å²) in [6.45, 7) is 4.18. The van der Waals surface area contributed by atoms with Crippen molar-refractivity contribution in [2.24, 2.45) is 5.92 Å². The number of thioether (sulfide) groups is 1. The Kier molecular flexibility index (Phi) is 5.18. The van der Waals surface area contributed by atoms with Crippen molar-refractivity contribution in [1.82, 2.24) is 5.32 Å². The molecule has 0 aliphatic heterocycles. The molecule has 2 fully saturated rings. The van der Waals surface area contributed by atoms with Gasteiger partial charge in [0.1, 0.15) is 5.54 Å². The highest BCUT2D eigenvalue weighted by atomic mass is 32.2. The first kappa shape index (κ1) is 15.2. The van der Waals surface area contributed by atoms with E-state index in [0.717, 1.165) is 36.2 Å². The van der Waals surface area contributed by atoms with Crippen LogP contribution >= 0.6 is 11.8 Å². The van der Waals surface area contributed by atoms with Gasteiger partial charge in [-0.25, -0.2) is 0 Å². The minimum atomic E-state index is -0.728. The van der Waals surface area contributed by atoms with Crippen molar-refractivity contribution in [3.05, 3.63) is 0 Å². The number of aliphatic carboxylic acids is 1. The van der Waals surface area contributed by atoms with Crippen molar-refractivity contribution in [3.8, 4) is 0 Å². The Hall–Kier alpha value is -0.220. The predicted molar refractivity (Wildman–Crippen MR) is 80.7 cm³/mol. The summed E-state index contributed by atoms with van der Waals surface area (Å²) in [6.07, 6.45) is 8.34. The molecule has 0 saturated heterocycles. The number of carboxylic acids is 1. The molecule has 19 heavy (non-hydrogen) atoms. The van der Waals surface area contributed by atoms with Gasteiger partial charge in [0, 0.05) is 11.3 Å². The zero-order valence-electron chi connectivity index (χ0n) is 12.2. The minimum absolute atomic E-state index is 0.445. The van der Waals surface area contributed by atoms with Crippen LogP contribution in [0.4, 0.5) is 0 Å². The van der Waals surface area contributed by atoms with Gasteiger partial charge in [-0.1, -0.05) is 19.8 Å². The lowest BCUT2D eigenvalue weighted by Gasteiger charge is -2.29. The van der Waals surface area contributed by atoms with Crippen LogP contribution in [0.1, 0.15) is 58.8 Å². The van der Waals surface area contributed by atoms with Gasteiger partial charge in [0.15, 0.2) is 0 Å². The lowest BCUT2D eigenvalue weighted by molar-refractivity contribution is -0.144. The van der Waals surface area contributed by atoms with E-state index in [1.54, 1.807) is 0 Å². The van der Waals surface area contributed by atoms with Crippen molar-refractivity contribution in [1.29, 1.82) is 0 Å². The predicted octanol–water partition coefficient (Wildman–Crippen LogP) is 3.28. The van der Waals surface area contributed by atoms with Crippen LogP contribution in [0.2, 0.25) is 0 Å². The van der Waals surface area contributed by atoms with E-state index in [1.807, 2.05) is 18.7 Å². The van der Waals surface area contributed by atoms with Crippen LogP contribution in [-0.2, 0) is 4.79 Å². The third-order valence-electron chi connectivity index (χ3n) is 4.42. The number of carboxylic acid groups (broad SMARTS) is 1. The SMILES string of the molecule is CC1CCCC(SCCC(C)(NC2CC2)C(=O)O)C1. The van der Waals surface area contributed by atoms with E-state index in [-0.39, 0.29) is 0 Å². The van der Waals surface area contributed by atoms with Crippen LogP contribution in [0, 0.1) is 5.92 Å². The summed E-state index contributed by atoms with van der Waals surface area (Å²) in [4.78, 5) is 11.4. The van der Waals surface area contributed by atoms with Gasteiger partial charge in [-0.3, -0.25) is 10.1 Å². The van der Waals surface area contributed by atoms with Crippen LogP contribution in [-0.4, -0.2) is 33.7 Å². The lowest BCUT2D eigenvalue weighted by Crippen LogP contribution is -2.51. The molecule has 3 unspecified atom stereocenters.